The van der Waals surface area contributed by atoms with Crippen LogP contribution in [0.5, 0.6) is 0 Å². The summed E-state index contributed by atoms with van der Waals surface area (Å²) in [5, 5.41) is 0.735. The molecule has 176 valence electrons. The van der Waals surface area contributed by atoms with Crippen LogP contribution in [0.4, 0.5) is 0 Å². The SMILES string of the molecule is C=C/C=C(\C=C(/C)C(N)=O)CC.CCCN1CCN(Cc2ccc(Cl)cc2)C(=O)C1CC. The summed E-state index contributed by atoms with van der Waals surface area (Å²) >= 11 is 5.90. The molecule has 2 amide bonds. The molecule has 5 nitrogen and oxygen atoms in total. The second-order valence-electron chi connectivity index (χ2n) is 7.87. The number of hydrogen-bond donors (Lipinski definition) is 1. The van der Waals surface area contributed by atoms with E-state index in [0.29, 0.717) is 12.1 Å². The van der Waals surface area contributed by atoms with E-state index in [0.717, 1.165) is 55.1 Å². The molecule has 0 aliphatic carbocycles. The molecule has 0 saturated carbocycles. The molecule has 1 fully saturated rings. The van der Waals surface area contributed by atoms with Crippen molar-refractivity contribution in [3.05, 3.63) is 70.8 Å². The van der Waals surface area contributed by atoms with Gasteiger partial charge in [-0.3, -0.25) is 14.5 Å². The van der Waals surface area contributed by atoms with Gasteiger partial charge in [-0.05, 0) is 56.0 Å². The lowest BCUT2D eigenvalue weighted by Crippen LogP contribution is -2.56. The minimum atomic E-state index is -0.376. The van der Waals surface area contributed by atoms with Crippen molar-refractivity contribution < 1.29 is 9.59 Å². The molecule has 2 rings (SSSR count). The number of primary amides is 1. The Morgan fingerprint density at radius 2 is 1.88 bits per heavy atom. The highest BCUT2D eigenvalue weighted by atomic mass is 35.5. The van der Waals surface area contributed by atoms with Crippen LogP contribution in [0.2, 0.25) is 5.02 Å². The van der Waals surface area contributed by atoms with Crippen LogP contribution in [0, 0.1) is 0 Å². The van der Waals surface area contributed by atoms with Crippen molar-refractivity contribution >= 4 is 23.4 Å². The smallest absolute Gasteiger partial charge is 0.244 e. The Balaban J connectivity index is 0.000000368. The molecule has 1 saturated heterocycles. The second-order valence-corrected chi connectivity index (χ2v) is 8.31. The number of amides is 2. The molecular weight excluding hydrogens is 422 g/mol. The fourth-order valence-electron chi connectivity index (χ4n) is 3.61. The quantitative estimate of drug-likeness (QED) is 0.412. The number of piperazine rings is 1. The van der Waals surface area contributed by atoms with Crippen LogP contribution in [0.3, 0.4) is 0 Å². The van der Waals surface area contributed by atoms with Gasteiger partial charge in [-0.2, -0.15) is 0 Å². The van der Waals surface area contributed by atoms with E-state index >= 15 is 0 Å². The van der Waals surface area contributed by atoms with Crippen molar-refractivity contribution in [2.45, 2.75) is 59.5 Å². The van der Waals surface area contributed by atoms with Crippen molar-refractivity contribution in [2.75, 3.05) is 19.6 Å². The summed E-state index contributed by atoms with van der Waals surface area (Å²) in [6, 6.07) is 7.80. The Labute approximate surface area is 198 Å². The second kappa shape index (κ2) is 14.6. The van der Waals surface area contributed by atoms with Crippen LogP contribution < -0.4 is 5.73 Å². The van der Waals surface area contributed by atoms with Gasteiger partial charge in [0.05, 0.1) is 6.04 Å². The maximum Gasteiger partial charge on any atom is 0.244 e. The summed E-state index contributed by atoms with van der Waals surface area (Å²) in [7, 11) is 0. The highest BCUT2D eigenvalue weighted by molar-refractivity contribution is 6.30. The highest BCUT2D eigenvalue weighted by Crippen LogP contribution is 2.18. The van der Waals surface area contributed by atoms with E-state index in [2.05, 4.69) is 25.3 Å². The predicted octanol–water partition coefficient (Wildman–Crippen LogP) is 5.11. The number of benzene rings is 1. The first-order chi connectivity index (χ1) is 15.3. The van der Waals surface area contributed by atoms with Gasteiger partial charge >= 0.3 is 0 Å². The van der Waals surface area contributed by atoms with Gasteiger partial charge in [-0.1, -0.05) is 69.3 Å². The number of nitrogens with two attached hydrogens (primary N) is 1. The fourth-order valence-corrected chi connectivity index (χ4v) is 3.73. The Morgan fingerprint density at radius 3 is 2.38 bits per heavy atom. The van der Waals surface area contributed by atoms with Gasteiger partial charge in [0.15, 0.2) is 0 Å². The molecule has 2 N–H and O–H groups in total. The Hall–Kier alpha value is -2.37. The number of halogens is 1. The van der Waals surface area contributed by atoms with Crippen LogP contribution >= 0.6 is 11.6 Å². The van der Waals surface area contributed by atoms with Crippen LogP contribution in [0.25, 0.3) is 0 Å². The van der Waals surface area contributed by atoms with Gasteiger partial charge in [-0.15, -0.1) is 0 Å². The topological polar surface area (TPSA) is 66.6 Å². The molecule has 1 atom stereocenters. The number of nitrogens with zero attached hydrogens (tertiary/aromatic N) is 2. The minimum Gasteiger partial charge on any atom is -0.366 e. The Kier molecular flexibility index (Phi) is 12.7. The first-order valence-electron chi connectivity index (χ1n) is 11.3. The van der Waals surface area contributed by atoms with Gasteiger partial charge in [0.25, 0.3) is 0 Å². The maximum absolute atomic E-state index is 12.6. The third-order valence-corrected chi connectivity index (χ3v) is 5.66. The van der Waals surface area contributed by atoms with Crippen molar-refractivity contribution in [1.82, 2.24) is 9.80 Å². The first-order valence-corrected chi connectivity index (χ1v) is 11.7. The van der Waals surface area contributed by atoms with Gasteiger partial charge < -0.3 is 10.6 Å². The molecule has 1 heterocycles. The highest BCUT2D eigenvalue weighted by Gasteiger charge is 2.32. The summed E-state index contributed by atoms with van der Waals surface area (Å²) in [6.07, 6.45) is 8.20. The normalized spacial score (nSPS) is 17.6. The largest absolute Gasteiger partial charge is 0.366 e. The monoisotopic (exact) mass is 459 g/mol. The van der Waals surface area contributed by atoms with Crippen LogP contribution in [0.15, 0.2) is 60.2 Å². The number of rotatable bonds is 9. The summed E-state index contributed by atoms with van der Waals surface area (Å²) in [5.41, 5.74) is 7.85. The number of allylic oxidation sites excluding steroid dienone is 4. The number of hydrogen-bond acceptors (Lipinski definition) is 3. The average Bonchev–Trinajstić information content (AvgIpc) is 2.77. The molecule has 0 aromatic heterocycles. The van der Waals surface area contributed by atoms with Gasteiger partial charge in [0.2, 0.25) is 11.8 Å². The van der Waals surface area contributed by atoms with Gasteiger partial charge in [0.1, 0.15) is 0 Å². The standard InChI is InChI=1S/C16H23ClN2O.C10H15NO/c1-3-9-18-10-11-19(16(20)15(18)4-2)12-13-5-7-14(17)8-6-13;1-4-6-9(5-2)7-8(3)10(11)12/h5-8,15H,3-4,9-12H2,1-2H3;4,6-7H,1,5H2,2-3H3,(H2,11,12)/b;8-7+,9-6-. The van der Waals surface area contributed by atoms with Crippen LogP contribution in [-0.4, -0.2) is 47.3 Å². The maximum atomic E-state index is 12.6. The van der Waals surface area contributed by atoms with Gasteiger partial charge in [0, 0.05) is 30.2 Å². The molecule has 1 aliphatic rings. The molecule has 0 bridgehead atoms. The zero-order chi connectivity index (χ0) is 24.1. The molecule has 0 radical (unpaired) electrons. The van der Waals surface area contributed by atoms with E-state index in [-0.39, 0.29) is 17.9 Å². The third-order valence-electron chi connectivity index (χ3n) is 5.41. The third kappa shape index (κ3) is 9.01. The summed E-state index contributed by atoms with van der Waals surface area (Å²) in [6.45, 7) is 15.0. The van der Waals surface area contributed by atoms with E-state index in [1.807, 2.05) is 42.2 Å². The lowest BCUT2D eigenvalue weighted by atomic mass is 10.1. The van der Waals surface area contributed by atoms with E-state index in [9.17, 15) is 9.59 Å². The minimum absolute atomic E-state index is 0.0519. The predicted molar refractivity (Wildman–Crippen MR) is 134 cm³/mol. The van der Waals surface area contributed by atoms with E-state index < -0.39 is 0 Å². The van der Waals surface area contributed by atoms with E-state index in [1.165, 1.54) is 0 Å². The first kappa shape index (κ1) is 27.7. The average molecular weight is 460 g/mol. The zero-order valence-corrected chi connectivity index (χ0v) is 20.7. The Bertz CT molecular complexity index is 815. The fraction of sp³-hybridized carbons (Fsp3) is 0.462. The molecule has 1 aliphatic heterocycles. The van der Waals surface area contributed by atoms with Gasteiger partial charge in [-0.25, -0.2) is 0 Å². The van der Waals surface area contributed by atoms with E-state index in [1.54, 1.807) is 19.1 Å². The molecule has 1 unspecified atom stereocenters. The van der Waals surface area contributed by atoms with E-state index in [4.69, 9.17) is 17.3 Å². The van der Waals surface area contributed by atoms with Crippen LogP contribution in [-0.2, 0) is 16.1 Å². The molecule has 1 aromatic rings. The summed E-state index contributed by atoms with van der Waals surface area (Å²) in [5.74, 6) is -0.111. The van der Waals surface area contributed by atoms with Crippen molar-refractivity contribution in [3.8, 4) is 0 Å². The lowest BCUT2D eigenvalue weighted by Gasteiger charge is -2.40. The Morgan fingerprint density at radius 1 is 1.22 bits per heavy atom. The summed E-state index contributed by atoms with van der Waals surface area (Å²) < 4.78 is 0. The molecule has 32 heavy (non-hydrogen) atoms. The van der Waals surface area contributed by atoms with Crippen molar-refractivity contribution in [3.63, 3.8) is 0 Å². The molecule has 1 aromatic carbocycles. The molecule has 0 spiro atoms. The van der Waals surface area contributed by atoms with Crippen LogP contribution in [0.1, 0.15) is 52.5 Å². The molecular formula is C26H38ClN3O2. The lowest BCUT2D eigenvalue weighted by molar-refractivity contribution is -0.142. The van der Waals surface area contributed by atoms with Crippen molar-refractivity contribution in [1.29, 1.82) is 0 Å². The summed E-state index contributed by atoms with van der Waals surface area (Å²) in [4.78, 5) is 27.5. The molecule has 6 heteroatoms. The van der Waals surface area contributed by atoms with Crippen molar-refractivity contribution in [2.24, 2.45) is 5.73 Å². The number of carbonyl (C=O) groups excluding carboxylic acids is 2. The zero-order valence-electron chi connectivity index (χ0n) is 19.9. The number of carbonyl (C=O) groups is 2.